The van der Waals surface area contributed by atoms with E-state index in [9.17, 15) is 18.0 Å². The number of alkyl halides is 3. The van der Waals surface area contributed by atoms with Crippen molar-refractivity contribution in [3.8, 4) is 0 Å². The van der Waals surface area contributed by atoms with Crippen molar-refractivity contribution in [1.29, 1.82) is 0 Å². The van der Waals surface area contributed by atoms with Crippen LogP contribution in [0, 0.1) is 5.92 Å². The third-order valence-corrected chi connectivity index (χ3v) is 3.32. The van der Waals surface area contributed by atoms with Crippen LogP contribution in [0.5, 0.6) is 0 Å². The van der Waals surface area contributed by atoms with Gasteiger partial charge in [0, 0.05) is 0 Å². The van der Waals surface area contributed by atoms with Gasteiger partial charge in [-0.15, -0.1) is 0 Å². The highest BCUT2D eigenvalue weighted by molar-refractivity contribution is 5.66. The Bertz CT molecular complexity index is 267. The van der Waals surface area contributed by atoms with Crippen molar-refractivity contribution in [3.63, 3.8) is 0 Å². The second-order valence-electron chi connectivity index (χ2n) is 4.99. The van der Waals surface area contributed by atoms with Crippen LogP contribution in [0.25, 0.3) is 0 Å². The first-order chi connectivity index (χ1) is 9.32. The van der Waals surface area contributed by atoms with Crippen molar-refractivity contribution < 1.29 is 27.8 Å². The Labute approximate surface area is 118 Å². The molecule has 0 bridgehead atoms. The van der Waals surface area contributed by atoms with Crippen molar-refractivity contribution in [2.75, 3.05) is 6.61 Å². The molecule has 20 heavy (non-hydrogen) atoms. The monoisotopic (exact) mass is 298 g/mol. The minimum Gasteiger partial charge on any atom is -0.481 e. The predicted molar refractivity (Wildman–Crippen MR) is 70.6 cm³/mol. The molecule has 0 fully saturated rings. The van der Waals surface area contributed by atoms with E-state index in [1.165, 1.54) is 0 Å². The van der Waals surface area contributed by atoms with E-state index in [-0.39, 0.29) is 0 Å². The molecule has 0 aromatic heterocycles. The van der Waals surface area contributed by atoms with Gasteiger partial charge in [-0.25, -0.2) is 0 Å². The molecule has 0 aliphatic heterocycles. The number of hydrogen-bond donors (Lipinski definition) is 1. The summed E-state index contributed by atoms with van der Waals surface area (Å²) in [5.74, 6) is -1.75. The zero-order valence-electron chi connectivity index (χ0n) is 12.2. The Morgan fingerprint density at radius 2 is 1.85 bits per heavy atom. The average molecular weight is 298 g/mol. The number of carbonyl (C=O) groups is 1. The molecule has 6 heteroatoms. The lowest BCUT2D eigenvalue weighted by atomic mass is 9.92. The van der Waals surface area contributed by atoms with E-state index in [0.717, 1.165) is 25.7 Å². The Kier molecular flexibility index (Phi) is 9.63. The summed E-state index contributed by atoms with van der Waals surface area (Å²) >= 11 is 0. The molecule has 1 unspecified atom stereocenters. The topological polar surface area (TPSA) is 46.5 Å². The molecule has 120 valence electrons. The first kappa shape index (κ1) is 19.2. The first-order valence-corrected chi connectivity index (χ1v) is 7.23. The van der Waals surface area contributed by atoms with E-state index in [1.807, 2.05) is 6.92 Å². The zero-order valence-corrected chi connectivity index (χ0v) is 12.2. The largest absolute Gasteiger partial charge is 0.481 e. The van der Waals surface area contributed by atoms with E-state index in [1.54, 1.807) is 6.92 Å². The Hall–Kier alpha value is -0.780. The first-order valence-electron chi connectivity index (χ1n) is 7.23. The van der Waals surface area contributed by atoms with Gasteiger partial charge in [0.1, 0.15) is 0 Å². The van der Waals surface area contributed by atoms with E-state index in [4.69, 9.17) is 9.84 Å². The lowest BCUT2D eigenvalue weighted by molar-refractivity contribution is -0.238. The molecule has 0 heterocycles. The Morgan fingerprint density at radius 1 is 1.20 bits per heavy atom. The molecule has 0 aromatic rings. The third-order valence-electron chi connectivity index (χ3n) is 3.32. The molecule has 0 saturated heterocycles. The predicted octanol–water partition coefficient (Wildman–Crippen LogP) is 4.41. The lowest BCUT2D eigenvalue weighted by Gasteiger charge is -2.28. The SMILES string of the molecule is CCCCCCC(CC)[C@H](OCCC(=O)O)C(F)(F)F. The van der Waals surface area contributed by atoms with Gasteiger partial charge in [0.25, 0.3) is 0 Å². The standard InChI is InChI=1S/C14H25F3O3/c1-3-5-6-7-8-11(4-2)13(14(15,16)17)20-10-9-12(18)19/h11,13H,3-10H2,1-2H3,(H,18,19)/t11?,13-/m0/s1. The quantitative estimate of drug-likeness (QED) is 0.575. The van der Waals surface area contributed by atoms with Crippen LogP contribution in [0.3, 0.4) is 0 Å². The molecule has 0 aliphatic carbocycles. The maximum atomic E-state index is 13.0. The minimum absolute atomic E-state index is 0.378. The normalized spacial score (nSPS) is 15.1. The van der Waals surface area contributed by atoms with Crippen LogP contribution in [0.15, 0.2) is 0 Å². The summed E-state index contributed by atoms with van der Waals surface area (Å²) in [6.07, 6.45) is -2.12. The number of carboxylic acid groups (broad SMARTS) is 1. The van der Waals surface area contributed by atoms with Gasteiger partial charge in [0.05, 0.1) is 13.0 Å². The molecule has 0 aliphatic rings. The van der Waals surface area contributed by atoms with E-state index in [2.05, 4.69) is 0 Å². The van der Waals surface area contributed by atoms with Gasteiger partial charge < -0.3 is 9.84 Å². The molecule has 0 saturated carbocycles. The summed E-state index contributed by atoms with van der Waals surface area (Å²) in [5, 5.41) is 8.46. The van der Waals surface area contributed by atoms with Crippen LogP contribution in [0.2, 0.25) is 0 Å². The second-order valence-corrected chi connectivity index (χ2v) is 4.99. The van der Waals surface area contributed by atoms with Crippen LogP contribution in [0.4, 0.5) is 13.2 Å². The number of rotatable bonds is 11. The molecular weight excluding hydrogens is 273 g/mol. The van der Waals surface area contributed by atoms with Crippen LogP contribution in [0.1, 0.15) is 58.8 Å². The Morgan fingerprint density at radius 3 is 2.30 bits per heavy atom. The number of unbranched alkanes of at least 4 members (excludes halogenated alkanes) is 3. The van der Waals surface area contributed by atoms with Crippen LogP contribution < -0.4 is 0 Å². The molecule has 2 atom stereocenters. The summed E-state index contributed by atoms with van der Waals surface area (Å²) < 4.78 is 43.8. The highest BCUT2D eigenvalue weighted by atomic mass is 19.4. The van der Waals surface area contributed by atoms with Crippen LogP contribution in [-0.4, -0.2) is 30.0 Å². The van der Waals surface area contributed by atoms with Crippen molar-refractivity contribution in [2.24, 2.45) is 5.92 Å². The summed E-state index contributed by atoms with van der Waals surface area (Å²) in [7, 11) is 0. The fourth-order valence-electron chi connectivity index (χ4n) is 2.17. The zero-order chi connectivity index (χ0) is 15.6. The fourth-order valence-corrected chi connectivity index (χ4v) is 2.17. The summed E-state index contributed by atoms with van der Waals surface area (Å²) in [6, 6.07) is 0. The highest BCUT2D eigenvalue weighted by Gasteiger charge is 2.44. The van der Waals surface area contributed by atoms with Gasteiger partial charge >= 0.3 is 12.1 Å². The van der Waals surface area contributed by atoms with E-state index >= 15 is 0 Å². The van der Waals surface area contributed by atoms with Gasteiger partial charge in [0.2, 0.25) is 0 Å². The molecule has 0 radical (unpaired) electrons. The number of aliphatic carboxylic acids is 1. The highest BCUT2D eigenvalue weighted by Crippen LogP contribution is 2.33. The summed E-state index contributed by atoms with van der Waals surface area (Å²) in [4.78, 5) is 10.4. The van der Waals surface area contributed by atoms with Crippen molar-refractivity contribution >= 4 is 5.97 Å². The van der Waals surface area contributed by atoms with E-state index < -0.39 is 37.2 Å². The maximum Gasteiger partial charge on any atom is 0.414 e. The second kappa shape index (κ2) is 10.0. The number of halogens is 3. The number of carboxylic acids is 1. The Balaban J connectivity index is 4.42. The summed E-state index contributed by atoms with van der Waals surface area (Å²) in [6.45, 7) is 3.36. The minimum atomic E-state index is -4.44. The molecule has 0 aromatic carbocycles. The van der Waals surface area contributed by atoms with Crippen molar-refractivity contribution in [1.82, 2.24) is 0 Å². The van der Waals surface area contributed by atoms with Gasteiger partial charge in [-0.05, 0) is 12.3 Å². The van der Waals surface area contributed by atoms with Crippen LogP contribution >= 0.6 is 0 Å². The molecule has 0 amide bonds. The molecule has 0 rings (SSSR count). The molecule has 0 spiro atoms. The lowest BCUT2D eigenvalue weighted by Crippen LogP contribution is -2.39. The molecular formula is C14H25F3O3. The van der Waals surface area contributed by atoms with E-state index in [0.29, 0.717) is 12.8 Å². The average Bonchev–Trinajstić information content (AvgIpc) is 2.34. The summed E-state index contributed by atoms with van der Waals surface area (Å²) in [5.41, 5.74) is 0. The van der Waals surface area contributed by atoms with Crippen molar-refractivity contribution in [3.05, 3.63) is 0 Å². The van der Waals surface area contributed by atoms with Gasteiger partial charge in [0.15, 0.2) is 6.10 Å². The van der Waals surface area contributed by atoms with Crippen molar-refractivity contribution in [2.45, 2.75) is 71.1 Å². The fraction of sp³-hybridized carbons (Fsp3) is 0.929. The number of ether oxygens (including phenoxy) is 1. The van der Waals surface area contributed by atoms with Gasteiger partial charge in [-0.2, -0.15) is 13.2 Å². The molecule has 1 N–H and O–H groups in total. The number of hydrogen-bond acceptors (Lipinski definition) is 2. The maximum absolute atomic E-state index is 13.0. The smallest absolute Gasteiger partial charge is 0.414 e. The van der Waals surface area contributed by atoms with Crippen LogP contribution in [-0.2, 0) is 9.53 Å². The third kappa shape index (κ3) is 8.40. The van der Waals surface area contributed by atoms with Gasteiger partial charge in [-0.3, -0.25) is 4.79 Å². The molecule has 3 nitrogen and oxygen atoms in total. The van der Waals surface area contributed by atoms with Gasteiger partial charge in [-0.1, -0.05) is 46.0 Å².